The van der Waals surface area contributed by atoms with Gasteiger partial charge >= 0.3 is 5.97 Å². The van der Waals surface area contributed by atoms with Crippen LogP contribution in [0.5, 0.6) is 0 Å². The second-order valence-corrected chi connectivity index (χ2v) is 7.96. The smallest absolute Gasteiger partial charge is 0.308 e. The maximum absolute atomic E-state index is 12.7. The fraction of sp³-hybridized carbons (Fsp3) is 0.455. The third-order valence-electron chi connectivity index (χ3n) is 6.01. The van der Waals surface area contributed by atoms with Crippen molar-refractivity contribution in [2.24, 2.45) is 11.3 Å². The molecule has 1 saturated carbocycles. The second-order valence-electron chi connectivity index (χ2n) is 7.96. The average Bonchev–Trinajstić information content (AvgIpc) is 2.76. The van der Waals surface area contributed by atoms with E-state index in [2.05, 4.69) is 15.3 Å². The van der Waals surface area contributed by atoms with E-state index >= 15 is 0 Å². The van der Waals surface area contributed by atoms with Crippen LogP contribution in [0.1, 0.15) is 36.0 Å². The van der Waals surface area contributed by atoms with Gasteiger partial charge < -0.3 is 14.8 Å². The summed E-state index contributed by atoms with van der Waals surface area (Å²) >= 11 is 0. The highest BCUT2D eigenvalue weighted by Crippen LogP contribution is 2.51. The summed E-state index contributed by atoms with van der Waals surface area (Å²) < 4.78 is 10.8. The van der Waals surface area contributed by atoms with Gasteiger partial charge in [0.2, 0.25) is 0 Å². The van der Waals surface area contributed by atoms with Crippen molar-refractivity contribution in [2.75, 3.05) is 20.3 Å². The van der Waals surface area contributed by atoms with Gasteiger partial charge in [0.15, 0.2) is 0 Å². The first kappa shape index (κ1) is 19.5. The Morgan fingerprint density at radius 3 is 2.76 bits per heavy atom. The molecule has 0 bridgehead atoms. The molecule has 2 aliphatic rings. The highest BCUT2D eigenvalue weighted by molar-refractivity contribution is 5.99. The molecule has 1 unspecified atom stereocenters. The van der Waals surface area contributed by atoms with Crippen LogP contribution in [0.4, 0.5) is 0 Å². The Hall–Kier alpha value is -2.80. The van der Waals surface area contributed by atoms with E-state index < -0.39 is 0 Å². The average molecular weight is 395 g/mol. The van der Waals surface area contributed by atoms with Crippen LogP contribution in [0, 0.1) is 11.3 Å². The second kappa shape index (κ2) is 8.29. The molecule has 1 aliphatic carbocycles. The van der Waals surface area contributed by atoms with Gasteiger partial charge in [-0.15, -0.1) is 0 Å². The first-order valence-corrected chi connectivity index (χ1v) is 9.93. The number of benzene rings is 1. The monoisotopic (exact) mass is 395 g/mol. The maximum Gasteiger partial charge on any atom is 0.308 e. The van der Waals surface area contributed by atoms with Crippen molar-refractivity contribution >= 4 is 11.9 Å². The van der Waals surface area contributed by atoms with E-state index in [1.165, 1.54) is 13.4 Å². The Balaban J connectivity index is 1.30. The molecule has 29 heavy (non-hydrogen) atoms. The summed E-state index contributed by atoms with van der Waals surface area (Å²) in [6, 6.07) is 9.59. The third kappa shape index (κ3) is 4.15. The number of carbonyl (C=O) groups excluding carboxylic acids is 2. The molecule has 2 heterocycles. The lowest BCUT2D eigenvalue weighted by Crippen LogP contribution is -2.50. The van der Waals surface area contributed by atoms with Gasteiger partial charge in [-0.05, 0) is 31.1 Å². The van der Waals surface area contributed by atoms with Crippen molar-refractivity contribution in [2.45, 2.75) is 31.8 Å². The standard InChI is InChI=1S/C22H25N3O4/c1-28-21(27)16-9-22(10-16)8-7-17(29-13-22)11-24-20(26)18-12-23-14-25-19(18)15-5-3-2-4-6-15/h2-6,12,14,16-17H,7-11,13H2,1H3,(H,24,26). The van der Waals surface area contributed by atoms with E-state index in [0.717, 1.165) is 31.2 Å². The number of aromatic nitrogens is 2. The molecule has 1 saturated heterocycles. The van der Waals surface area contributed by atoms with Gasteiger partial charge in [0, 0.05) is 18.3 Å². The number of hydrogen-bond donors (Lipinski definition) is 1. The summed E-state index contributed by atoms with van der Waals surface area (Å²) in [7, 11) is 1.43. The molecular weight excluding hydrogens is 370 g/mol. The molecule has 1 spiro atoms. The van der Waals surface area contributed by atoms with Crippen LogP contribution in [0.15, 0.2) is 42.9 Å². The van der Waals surface area contributed by atoms with Crippen LogP contribution in [0.2, 0.25) is 0 Å². The lowest BCUT2D eigenvalue weighted by atomic mass is 9.59. The molecule has 1 aliphatic heterocycles. The summed E-state index contributed by atoms with van der Waals surface area (Å²) in [4.78, 5) is 32.6. The Bertz CT molecular complexity index is 871. The summed E-state index contributed by atoms with van der Waals surface area (Å²) in [6.45, 7) is 1.07. The van der Waals surface area contributed by atoms with Gasteiger partial charge in [-0.1, -0.05) is 30.3 Å². The number of ether oxygens (including phenoxy) is 2. The van der Waals surface area contributed by atoms with Crippen LogP contribution in [-0.4, -0.2) is 48.2 Å². The van der Waals surface area contributed by atoms with Crippen molar-refractivity contribution in [3.8, 4) is 11.3 Å². The first-order chi connectivity index (χ1) is 14.1. The van der Waals surface area contributed by atoms with Crippen molar-refractivity contribution in [3.63, 3.8) is 0 Å². The van der Waals surface area contributed by atoms with Crippen LogP contribution in [0.3, 0.4) is 0 Å². The minimum absolute atomic E-state index is 0.00865. The summed E-state index contributed by atoms with van der Waals surface area (Å²) in [6.07, 6.45) is 6.51. The number of nitrogens with one attached hydrogen (secondary N) is 1. The molecule has 1 N–H and O–H groups in total. The number of nitrogens with zero attached hydrogens (tertiary/aromatic N) is 2. The zero-order valence-electron chi connectivity index (χ0n) is 16.5. The molecule has 7 nitrogen and oxygen atoms in total. The molecule has 1 atom stereocenters. The minimum atomic E-state index is -0.206. The van der Waals surface area contributed by atoms with E-state index in [4.69, 9.17) is 9.47 Å². The Morgan fingerprint density at radius 2 is 2.07 bits per heavy atom. The molecule has 1 amide bonds. The number of rotatable bonds is 5. The number of methoxy groups -OCH3 is 1. The van der Waals surface area contributed by atoms with E-state index in [9.17, 15) is 9.59 Å². The maximum atomic E-state index is 12.7. The Kier molecular flexibility index (Phi) is 5.58. The molecule has 1 aromatic carbocycles. The topological polar surface area (TPSA) is 90.4 Å². The van der Waals surface area contributed by atoms with Gasteiger partial charge in [-0.3, -0.25) is 9.59 Å². The lowest BCUT2D eigenvalue weighted by Gasteiger charge is -2.50. The summed E-state index contributed by atoms with van der Waals surface area (Å²) in [5.74, 6) is -0.318. The zero-order valence-corrected chi connectivity index (χ0v) is 16.5. The molecule has 7 heteroatoms. The van der Waals surface area contributed by atoms with E-state index in [1.807, 2.05) is 30.3 Å². The molecule has 1 aromatic heterocycles. The van der Waals surface area contributed by atoms with Crippen LogP contribution >= 0.6 is 0 Å². The van der Waals surface area contributed by atoms with Crippen molar-refractivity contribution in [1.29, 1.82) is 0 Å². The summed E-state index contributed by atoms with van der Waals surface area (Å²) in [5.41, 5.74) is 2.05. The van der Waals surface area contributed by atoms with Crippen LogP contribution in [0.25, 0.3) is 11.3 Å². The fourth-order valence-corrected chi connectivity index (χ4v) is 4.34. The normalized spacial score (nSPS) is 25.8. The molecule has 2 aromatic rings. The van der Waals surface area contributed by atoms with Crippen molar-refractivity contribution in [1.82, 2.24) is 15.3 Å². The van der Waals surface area contributed by atoms with E-state index in [1.54, 1.807) is 6.20 Å². The number of carbonyl (C=O) groups is 2. The quantitative estimate of drug-likeness (QED) is 0.783. The van der Waals surface area contributed by atoms with Crippen molar-refractivity contribution in [3.05, 3.63) is 48.4 Å². The zero-order chi connectivity index (χ0) is 20.3. The van der Waals surface area contributed by atoms with Crippen LogP contribution < -0.4 is 5.32 Å². The minimum Gasteiger partial charge on any atom is -0.469 e. The third-order valence-corrected chi connectivity index (χ3v) is 6.01. The highest BCUT2D eigenvalue weighted by atomic mass is 16.5. The van der Waals surface area contributed by atoms with Gasteiger partial charge in [0.1, 0.15) is 6.33 Å². The fourth-order valence-electron chi connectivity index (χ4n) is 4.34. The molecule has 4 rings (SSSR count). The first-order valence-electron chi connectivity index (χ1n) is 9.93. The predicted molar refractivity (Wildman–Crippen MR) is 106 cm³/mol. The lowest BCUT2D eigenvalue weighted by molar-refractivity contribution is -0.164. The van der Waals surface area contributed by atoms with E-state index in [0.29, 0.717) is 24.4 Å². The molecular formula is C22H25N3O4. The van der Waals surface area contributed by atoms with Gasteiger partial charge in [0.25, 0.3) is 5.91 Å². The highest BCUT2D eigenvalue weighted by Gasteiger charge is 2.49. The number of hydrogen-bond acceptors (Lipinski definition) is 6. The van der Waals surface area contributed by atoms with Crippen LogP contribution in [-0.2, 0) is 14.3 Å². The molecule has 0 radical (unpaired) electrons. The van der Waals surface area contributed by atoms with Gasteiger partial charge in [-0.2, -0.15) is 0 Å². The SMILES string of the molecule is COC(=O)C1CC2(CCC(CNC(=O)c3cncnc3-c3ccccc3)OC2)C1. The predicted octanol–water partition coefficient (Wildman–Crippen LogP) is 2.62. The van der Waals surface area contributed by atoms with Crippen molar-refractivity contribution < 1.29 is 19.1 Å². The number of esters is 1. The largest absolute Gasteiger partial charge is 0.469 e. The molecule has 152 valence electrons. The summed E-state index contributed by atoms with van der Waals surface area (Å²) in [5, 5.41) is 2.96. The van der Waals surface area contributed by atoms with Gasteiger partial charge in [-0.25, -0.2) is 9.97 Å². The molecule has 2 fully saturated rings. The Morgan fingerprint density at radius 1 is 1.28 bits per heavy atom. The van der Waals surface area contributed by atoms with E-state index in [-0.39, 0.29) is 29.3 Å². The number of amides is 1. The van der Waals surface area contributed by atoms with Gasteiger partial charge in [0.05, 0.1) is 37.0 Å². The Labute approximate surface area is 169 Å².